The highest BCUT2D eigenvalue weighted by atomic mass is 19.3. The van der Waals surface area contributed by atoms with E-state index in [1.807, 2.05) is 0 Å². The third-order valence-electron chi connectivity index (χ3n) is 2.88. The molecule has 0 fully saturated rings. The fourth-order valence-corrected chi connectivity index (χ4v) is 1.58. The minimum atomic E-state index is -3.74. The number of anilines is 1. The maximum Gasteiger partial charge on any atom is 0.586 e. The number of carboxylic acid groups (broad SMARTS) is 1. The van der Waals surface area contributed by atoms with Gasteiger partial charge in [-0.3, -0.25) is 4.79 Å². The number of aliphatic carboxylic acids is 1. The van der Waals surface area contributed by atoms with Crippen LogP contribution < -0.4 is 14.8 Å². The second kappa shape index (κ2) is 5.04. The lowest BCUT2D eigenvalue weighted by molar-refractivity contribution is -0.286. The molecule has 1 aromatic carbocycles. The monoisotopic (exact) mass is 299 g/mol. The molecule has 0 atom stereocenters. The van der Waals surface area contributed by atoms with E-state index in [1.54, 1.807) is 0 Å². The van der Waals surface area contributed by atoms with Gasteiger partial charge in [-0.1, -0.05) is 0 Å². The number of carbonyl (C=O) groups is 2. The highest BCUT2D eigenvalue weighted by molar-refractivity contribution is 6.08. The molecule has 1 aliphatic rings. The molecule has 2 N–H and O–H groups in total. The summed E-state index contributed by atoms with van der Waals surface area (Å²) < 4.78 is 34.2. The Morgan fingerprint density at radius 3 is 2.38 bits per heavy atom. The number of hydrogen-bond acceptors (Lipinski definition) is 4. The van der Waals surface area contributed by atoms with E-state index in [0.29, 0.717) is 0 Å². The number of alkyl halides is 2. The van der Waals surface area contributed by atoms with Gasteiger partial charge in [0.2, 0.25) is 0 Å². The molecule has 1 heterocycles. The van der Waals surface area contributed by atoms with Gasteiger partial charge in [-0.25, -0.2) is 4.79 Å². The summed E-state index contributed by atoms with van der Waals surface area (Å²) in [5, 5.41) is 11.2. The van der Waals surface area contributed by atoms with E-state index < -0.39 is 18.2 Å². The molecular weight excluding hydrogens is 288 g/mol. The van der Waals surface area contributed by atoms with Crippen molar-refractivity contribution in [3.63, 3.8) is 0 Å². The summed E-state index contributed by atoms with van der Waals surface area (Å²) in [4.78, 5) is 22.6. The Morgan fingerprint density at radius 2 is 1.76 bits per heavy atom. The van der Waals surface area contributed by atoms with Crippen LogP contribution in [0.4, 0.5) is 14.5 Å². The molecule has 0 unspecified atom stereocenters. The standard InChI is InChI=1S/C13H11F2NO5/c1-6(7(2)12(18)19)11(17)16-8-3-4-9-10(5-8)21-13(14,15)20-9/h3-5H,1-2H3,(H,16,17)(H,18,19). The van der Waals surface area contributed by atoms with Gasteiger partial charge in [0.1, 0.15) is 0 Å². The second-order valence-corrected chi connectivity index (χ2v) is 4.34. The molecule has 1 aliphatic heterocycles. The van der Waals surface area contributed by atoms with Crippen LogP contribution in [0.25, 0.3) is 0 Å². The first-order valence-corrected chi connectivity index (χ1v) is 5.81. The van der Waals surface area contributed by atoms with E-state index in [-0.39, 0.29) is 28.3 Å². The number of ether oxygens (including phenoxy) is 2. The van der Waals surface area contributed by atoms with E-state index >= 15 is 0 Å². The minimum absolute atomic E-state index is 0.00509. The third kappa shape index (κ3) is 3.10. The number of benzene rings is 1. The maximum atomic E-state index is 12.8. The van der Waals surface area contributed by atoms with Crippen LogP contribution in [-0.2, 0) is 9.59 Å². The maximum absolute atomic E-state index is 12.8. The van der Waals surface area contributed by atoms with E-state index in [2.05, 4.69) is 14.8 Å². The first-order chi connectivity index (χ1) is 9.69. The molecule has 0 aliphatic carbocycles. The normalized spacial score (nSPS) is 16.2. The number of hydrogen-bond donors (Lipinski definition) is 2. The van der Waals surface area contributed by atoms with Crippen LogP contribution in [0, 0.1) is 0 Å². The number of amides is 1. The third-order valence-corrected chi connectivity index (χ3v) is 2.88. The summed E-state index contributed by atoms with van der Waals surface area (Å²) in [6, 6.07) is 3.72. The lowest BCUT2D eigenvalue weighted by Gasteiger charge is -2.07. The smallest absolute Gasteiger partial charge is 0.478 e. The largest absolute Gasteiger partial charge is 0.586 e. The summed E-state index contributed by atoms with van der Waals surface area (Å²) in [5.41, 5.74) is 0.0721. The molecular formula is C13H11F2NO5. The van der Waals surface area contributed by atoms with Crippen molar-refractivity contribution in [2.45, 2.75) is 20.1 Å². The van der Waals surface area contributed by atoms with Gasteiger partial charge in [-0.05, 0) is 26.0 Å². The Morgan fingerprint density at radius 1 is 1.14 bits per heavy atom. The summed E-state index contributed by atoms with van der Waals surface area (Å²) >= 11 is 0. The number of carbonyl (C=O) groups excluding carboxylic acids is 1. The van der Waals surface area contributed by atoms with Gasteiger partial charge in [0.05, 0.1) is 0 Å². The van der Waals surface area contributed by atoms with E-state index in [0.717, 1.165) is 6.07 Å². The van der Waals surface area contributed by atoms with Crippen molar-refractivity contribution < 1.29 is 33.0 Å². The van der Waals surface area contributed by atoms with Crippen LogP contribution >= 0.6 is 0 Å². The summed E-state index contributed by atoms with van der Waals surface area (Å²) in [7, 11) is 0. The van der Waals surface area contributed by atoms with Crippen molar-refractivity contribution in [1.82, 2.24) is 0 Å². The van der Waals surface area contributed by atoms with Crippen LogP contribution in [0.2, 0.25) is 0 Å². The lowest BCUT2D eigenvalue weighted by Crippen LogP contribution is -2.25. The number of fused-ring (bicyclic) bond motifs is 1. The topological polar surface area (TPSA) is 84.9 Å². The molecule has 21 heavy (non-hydrogen) atoms. The molecule has 8 heteroatoms. The molecule has 0 bridgehead atoms. The zero-order valence-electron chi connectivity index (χ0n) is 11.1. The van der Waals surface area contributed by atoms with Crippen molar-refractivity contribution in [2.24, 2.45) is 0 Å². The fourth-order valence-electron chi connectivity index (χ4n) is 1.58. The Balaban J connectivity index is 2.18. The summed E-state index contributed by atoms with van der Waals surface area (Å²) in [5.74, 6) is -2.23. The van der Waals surface area contributed by atoms with Crippen molar-refractivity contribution in [3.05, 3.63) is 29.3 Å². The molecule has 1 aromatic rings. The SMILES string of the molecule is CC(C(=O)O)=C(C)C(=O)Nc1ccc2c(c1)OC(F)(F)O2. The summed E-state index contributed by atoms with van der Waals surface area (Å²) in [6.07, 6.45) is -3.74. The van der Waals surface area contributed by atoms with Crippen LogP contribution in [0.15, 0.2) is 29.3 Å². The molecule has 1 amide bonds. The highest BCUT2D eigenvalue weighted by Crippen LogP contribution is 2.42. The van der Waals surface area contributed by atoms with E-state index in [4.69, 9.17) is 5.11 Å². The van der Waals surface area contributed by atoms with Gasteiger partial charge >= 0.3 is 12.3 Å². The average Bonchev–Trinajstić information content (AvgIpc) is 2.69. The van der Waals surface area contributed by atoms with Gasteiger partial charge in [0, 0.05) is 22.9 Å². The molecule has 112 valence electrons. The van der Waals surface area contributed by atoms with Gasteiger partial charge in [0.25, 0.3) is 5.91 Å². The number of nitrogens with one attached hydrogen (secondary N) is 1. The Kier molecular flexibility index (Phi) is 3.54. The molecule has 0 saturated carbocycles. The molecule has 0 spiro atoms. The fraction of sp³-hybridized carbons (Fsp3) is 0.231. The predicted octanol–water partition coefficient (Wildman–Crippen LogP) is 2.37. The van der Waals surface area contributed by atoms with Crippen LogP contribution in [-0.4, -0.2) is 23.3 Å². The number of rotatable bonds is 3. The minimum Gasteiger partial charge on any atom is -0.478 e. The molecule has 0 saturated heterocycles. The molecule has 6 nitrogen and oxygen atoms in total. The van der Waals surface area contributed by atoms with Crippen molar-refractivity contribution in [1.29, 1.82) is 0 Å². The van der Waals surface area contributed by atoms with E-state index in [1.165, 1.54) is 26.0 Å². The average molecular weight is 299 g/mol. The van der Waals surface area contributed by atoms with Crippen LogP contribution in [0.1, 0.15) is 13.8 Å². The predicted molar refractivity (Wildman–Crippen MR) is 67.3 cm³/mol. The Labute approximate surface area is 118 Å². The first kappa shape index (κ1) is 14.8. The zero-order valence-corrected chi connectivity index (χ0v) is 11.1. The van der Waals surface area contributed by atoms with Crippen LogP contribution in [0.3, 0.4) is 0 Å². The van der Waals surface area contributed by atoms with Gasteiger partial charge < -0.3 is 19.9 Å². The highest BCUT2D eigenvalue weighted by Gasteiger charge is 2.43. The molecule has 2 rings (SSSR count). The van der Waals surface area contributed by atoms with Crippen molar-refractivity contribution in [3.8, 4) is 11.5 Å². The summed E-state index contributed by atoms with van der Waals surface area (Å²) in [6.45, 7) is 2.64. The van der Waals surface area contributed by atoms with Crippen molar-refractivity contribution >= 4 is 17.6 Å². The zero-order chi connectivity index (χ0) is 15.8. The molecule has 0 radical (unpaired) electrons. The van der Waals surface area contributed by atoms with Gasteiger partial charge in [-0.2, -0.15) is 0 Å². The quantitative estimate of drug-likeness (QED) is 0.837. The van der Waals surface area contributed by atoms with Crippen molar-refractivity contribution in [2.75, 3.05) is 5.32 Å². The molecule has 0 aromatic heterocycles. The van der Waals surface area contributed by atoms with Gasteiger partial charge in [-0.15, -0.1) is 8.78 Å². The number of halogens is 2. The van der Waals surface area contributed by atoms with E-state index in [9.17, 15) is 18.4 Å². The number of carboxylic acids is 1. The second-order valence-electron chi connectivity index (χ2n) is 4.34. The van der Waals surface area contributed by atoms with Crippen LogP contribution in [0.5, 0.6) is 11.5 Å². The first-order valence-electron chi connectivity index (χ1n) is 5.81. The Bertz CT molecular complexity index is 654. The Hall–Kier alpha value is -2.64. The lowest BCUT2D eigenvalue weighted by atomic mass is 10.1. The van der Waals surface area contributed by atoms with Gasteiger partial charge in [0.15, 0.2) is 11.5 Å².